The van der Waals surface area contributed by atoms with Crippen molar-refractivity contribution >= 4 is 5.91 Å². The molecule has 1 aromatic rings. The Kier molecular flexibility index (Phi) is 8.05. The Balaban J connectivity index is 1.74. The van der Waals surface area contributed by atoms with E-state index in [0.29, 0.717) is 31.0 Å². The molecular formula is C21H32N4O2. The van der Waals surface area contributed by atoms with E-state index < -0.39 is 0 Å². The van der Waals surface area contributed by atoms with Gasteiger partial charge in [-0.2, -0.15) is 5.26 Å². The summed E-state index contributed by atoms with van der Waals surface area (Å²) < 4.78 is 0. The number of pyridine rings is 1. The van der Waals surface area contributed by atoms with Crippen LogP contribution in [0.25, 0.3) is 0 Å². The zero-order valence-corrected chi connectivity index (χ0v) is 16.9. The topological polar surface area (TPSA) is 89.0 Å². The maximum Gasteiger partial charge on any atom is 0.266 e. The number of nitrogens with zero attached hydrogens (tertiary/aromatic N) is 2. The first-order chi connectivity index (χ1) is 12.9. The Labute approximate surface area is 162 Å². The summed E-state index contributed by atoms with van der Waals surface area (Å²) in [4.78, 5) is 29.0. The first-order valence-corrected chi connectivity index (χ1v) is 10.0. The average Bonchev–Trinajstić information content (AvgIpc) is 2.65. The number of nitriles is 1. The molecular weight excluding hydrogens is 340 g/mol. The molecule has 0 atom stereocenters. The molecule has 148 valence electrons. The molecule has 1 heterocycles. The highest BCUT2D eigenvalue weighted by Gasteiger charge is 2.17. The minimum absolute atomic E-state index is 0.0128. The molecule has 2 rings (SSSR count). The molecule has 0 spiro atoms. The van der Waals surface area contributed by atoms with Crippen molar-refractivity contribution in [3.63, 3.8) is 0 Å². The third-order valence-electron chi connectivity index (χ3n) is 5.73. The van der Waals surface area contributed by atoms with Gasteiger partial charge in [0.25, 0.3) is 5.56 Å². The highest BCUT2D eigenvalue weighted by molar-refractivity contribution is 5.76. The minimum atomic E-state index is -0.359. The quantitative estimate of drug-likeness (QED) is 0.687. The Morgan fingerprint density at radius 3 is 2.67 bits per heavy atom. The summed E-state index contributed by atoms with van der Waals surface area (Å²) >= 11 is 0. The Morgan fingerprint density at radius 1 is 1.30 bits per heavy atom. The molecule has 0 aromatic carbocycles. The second-order valence-corrected chi connectivity index (χ2v) is 7.65. The number of aromatic nitrogens is 1. The summed E-state index contributed by atoms with van der Waals surface area (Å²) in [5, 5.41) is 12.1. The van der Waals surface area contributed by atoms with Gasteiger partial charge in [0.15, 0.2) is 0 Å². The van der Waals surface area contributed by atoms with Crippen LogP contribution in [0.4, 0.5) is 0 Å². The molecule has 0 aliphatic heterocycles. The summed E-state index contributed by atoms with van der Waals surface area (Å²) in [6, 6.07) is 2.65. The maximum atomic E-state index is 12.1. The molecule has 6 heteroatoms. The summed E-state index contributed by atoms with van der Waals surface area (Å²) in [6.45, 7) is 5.27. The third-order valence-corrected chi connectivity index (χ3v) is 5.73. The molecule has 27 heavy (non-hydrogen) atoms. The van der Waals surface area contributed by atoms with E-state index in [0.717, 1.165) is 24.2 Å². The van der Waals surface area contributed by atoms with Crippen LogP contribution in [0.15, 0.2) is 4.79 Å². The van der Waals surface area contributed by atoms with Gasteiger partial charge in [-0.3, -0.25) is 9.59 Å². The lowest BCUT2D eigenvalue weighted by molar-refractivity contribution is -0.121. The van der Waals surface area contributed by atoms with E-state index >= 15 is 0 Å². The van der Waals surface area contributed by atoms with Crippen LogP contribution < -0.4 is 10.9 Å². The van der Waals surface area contributed by atoms with Crippen molar-refractivity contribution in [3.05, 3.63) is 32.7 Å². The Morgan fingerprint density at radius 2 is 2.00 bits per heavy atom. The molecule has 0 radical (unpaired) electrons. The van der Waals surface area contributed by atoms with Crippen molar-refractivity contribution < 1.29 is 4.79 Å². The highest BCUT2D eigenvalue weighted by atomic mass is 16.1. The van der Waals surface area contributed by atoms with Crippen molar-refractivity contribution in [2.75, 3.05) is 20.1 Å². The van der Waals surface area contributed by atoms with Gasteiger partial charge >= 0.3 is 0 Å². The highest BCUT2D eigenvalue weighted by Crippen LogP contribution is 2.21. The fourth-order valence-corrected chi connectivity index (χ4v) is 4.01. The number of aryl methyl sites for hydroxylation is 1. The summed E-state index contributed by atoms with van der Waals surface area (Å²) in [5.74, 6) is 0.0128. The lowest BCUT2D eigenvalue weighted by atomic mass is 9.94. The van der Waals surface area contributed by atoms with Crippen molar-refractivity contribution in [1.29, 1.82) is 5.26 Å². The van der Waals surface area contributed by atoms with Gasteiger partial charge in [-0.1, -0.05) is 19.3 Å². The van der Waals surface area contributed by atoms with E-state index in [-0.39, 0.29) is 17.0 Å². The number of aromatic amines is 1. The summed E-state index contributed by atoms with van der Waals surface area (Å²) in [7, 11) is 2.19. The first-order valence-electron chi connectivity index (χ1n) is 10.0. The van der Waals surface area contributed by atoms with Gasteiger partial charge in [0, 0.05) is 24.7 Å². The second kappa shape index (κ2) is 10.3. The predicted octanol–water partition coefficient (Wildman–Crippen LogP) is 2.57. The molecule has 6 nitrogen and oxygen atoms in total. The third kappa shape index (κ3) is 5.93. The lowest BCUT2D eigenvalue weighted by Crippen LogP contribution is -2.35. The lowest BCUT2D eigenvalue weighted by Gasteiger charge is -2.31. The Hall–Kier alpha value is -2.13. The largest absolute Gasteiger partial charge is 0.356 e. The number of amides is 1. The summed E-state index contributed by atoms with van der Waals surface area (Å²) in [6.07, 6.45) is 8.47. The molecule has 1 amide bonds. The fraction of sp³-hybridized carbons (Fsp3) is 0.667. The van der Waals surface area contributed by atoms with Crippen LogP contribution in [0.1, 0.15) is 67.3 Å². The van der Waals surface area contributed by atoms with Crippen LogP contribution in [0, 0.1) is 25.2 Å². The van der Waals surface area contributed by atoms with Crippen LogP contribution in [-0.4, -0.2) is 42.0 Å². The monoisotopic (exact) mass is 372 g/mol. The molecule has 0 bridgehead atoms. The molecule has 1 aliphatic rings. The number of H-pyrrole nitrogens is 1. The molecule has 1 saturated carbocycles. The normalized spacial score (nSPS) is 14.9. The van der Waals surface area contributed by atoms with Crippen LogP contribution in [0.3, 0.4) is 0 Å². The zero-order valence-electron chi connectivity index (χ0n) is 16.9. The molecule has 1 aromatic heterocycles. The van der Waals surface area contributed by atoms with Crippen molar-refractivity contribution in [1.82, 2.24) is 15.2 Å². The van der Waals surface area contributed by atoms with Crippen LogP contribution in [0.5, 0.6) is 0 Å². The fourth-order valence-electron chi connectivity index (χ4n) is 4.01. The number of carbonyl (C=O) groups is 1. The number of hydrogen-bond acceptors (Lipinski definition) is 4. The molecule has 2 N–H and O–H groups in total. The SMILES string of the molecule is Cc1[nH]c(=O)c(C#N)c(C)c1CCC(=O)NCCCN(C)C1CCCCC1. The van der Waals surface area contributed by atoms with E-state index in [1.807, 2.05) is 13.0 Å². The first kappa shape index (κ1) is 21.2. The van der Waals surface area contributed by atoms with Gasteiger partial charge in [-0.05, 0) is 64.3 Å². The summed E-state index contributed by atoms with van der Waals surface area (Å²) in [5.41, 5.74) is 2.09. The molecule has 0 saturated heterocycles. The predicted molar refractivity (Wildman–Crippen MR) is 107 cm³/mol. The molecule has 0 unspecified atom stereocenters. The van der Waals surface area contributed by atoms with Gasteiger partial charge in [0.1, 0.15) is 11.6 Å². The average molecular weight is 373 g/mol. The second-order valence-electron chi connectivity index (χ2n) is 7.65. The molecule has 1 aliphatic carbocycles. The van der Waals surface area contributed by atoms with Gasteiger partial charge in [-0.15, -0.1) is 0 Å². The van der Waals surface area contributed by atoms with Crippen molar-refractivity contribution in [2.24, 2.45) is 0 Å². The van der Waals surface area contributed by atoms with Crippen molar-refractivity contribution in [2.45, 2.75) is 71.3 Å². The van der Waals surface area contributed by atoms with E-state index in [9.17, 15) is 9.59 Å². The minimum Gasteiger partial charge on any atom is -0.356 e. The van der Waals surface area contributed by atoms with Gasteiger partial charge < -0.3 is 15.2 Å². The van der Waals surface area contributed by atoms with Gasteiger partial charge in [0.05, 0.1) is 0 Å². The van der Waals surface area contributed by atoms with Crippen LogP contribution in [0.2, 0.25) is 0 Å². The molecule has 1 fully saturated rings. The smallest absolute Gasteiger partial charge is 0.266 e. The van der Waals surface area contributed by atoms with Gasteiger partial charge in [0.2, 0.25) is 5.91 Å². The van der Waals surface area contributed by atoms with Crippen LogP contribution in [-0.2, 0) is 11.2 Å². The number of nitrogens with one attached hydrogen (secondary N) is 2. The van der Waals surface area contributed by atoms with Crippen LogP contribution >= 0.6 is 0 Å². The standard InChI is InChI=1S/C21H32N4O2/c1-15-18(16(2)24-21(27)19(15)14-22)10-11-20(26)23-12-7-13-25(3)17-8-5-4-6-9-17/h17H,4-13H2,1-3H3,(H,23,26)(H,24,27). The number of hydrogen-bond donors (Lipinski definition) is 2. The van der Waals surface area contributed by atoms with Crippen molar-refractivity contribution in [3.8, 4) is 6.07 Å². The van der Waals surface area contributed by atoms with E-state index in [1.54, 1.807) is 6.92 Å². The van der Waals surface area contributed by atoms with E-state index in [1.165, 1.54) is 32.1 Å². The Bertz CT molecular complexity index is 742. The number of carbonyl (C=O) groups excluding carboxylic acids is 1. The zero-order chi connectivity index (χ0) is 19.8. The van der Waals surface area contributed by atoms with Gasteiger partial charge in [-0.25, -0.2) is 0 Å². The van der Waals surface area contributed by atoms with E-state index in [2.05, 4.69) is 22.2 Å². The number of rotatable bonds is 8. The maximum absolute atomic E-state index is 12.1. The van der Waals surface area contributed by atoms with E-state index in [4.69, 9.17) is 5.26 Å².